The summed E-state index contributed by atoms with van der Waals surface area (Å²) >= 11 is 0. The third kappa shape index (κ3) is 6.88. The summed E-state index contributed by atoms with van der Waals surface area (Å²) < 4.78 is 5.09. The minimum atomic E-state index is -0.323. The molecule has 2 aromatic carbocycles. The van der Waals surface area contributed by atoms with E-state index in [4.69, 9.17) is 9.84 Å². The molecule has 0 aliphatic carbocycles. The maximum Gasteiger partial charge on any atom is 0.274 e. The van der Waals surface area contributed by atoms with Gasteiger partial charge in [0.05, 0.1) is 6.04 Å². The summed E-state index contributed by atoms with van der Waals surface area (Å²) in [6.45, 7) is 13.8. The number of phenolic OH excluding ortho intramolecular Hbond substituents is 1. The van der Waals surface area contributed by atoms with Crippen LogP contribution in [-0.2, 0) is 12.8 Å². The van der Waals surface area contributed by atoms with Crippen molar-refractivity contribution in [3.05, 3.63) is 96.6 Å². The van der Waals surface area contributed by atoms with Crippen LogP contribution in [0.1, 0.15) is 30.9 Å². The van der Waals surface area contributed by atoms with Crippen molar-refractivity contribution in [3.63, 3.8) is 0 Å². The van der Waals surface area contributed by atoms with E-state index in [-0.39, 0.29) is 17.7 Å². The monoisotopic (exact) mass is 379 g/mol. The topological polar surface area (TPSA) is 61.7 Å². The van der Waals surface area contributed by atoms with Crippen LogP contribution in [0.2, 0.25) is 0 Å². The highest BCUT2D eigenvalue weighted by molar-refractivity contribution is 5.30. The van der Waals surface area contributed by atoms with Gasteiger partial charge in [-0.25, -0.2) is 0 Å². The molecule has 0 heterocycles. The zero-order chi connectivity index (χ0) is 20.5. The molecule has 4 heteroatoms. The van der Waals surface area contributed by atoms with Crippen LogP contribution in [0.15, 0.2) is 85.5 Å². The Labute approximate surface area is 167 Å². The van der Waals surface area contributed by atoms with Gasteiger partial charge in [0.15, 0.2) is 0 Å². The highest BCUT2D eigenvalue weighted by atomic mass is 16.6. The Morgan fingerprint density at radius 1 is 1.00 bits per heavy atom. The second kappa shape index (κ2) is 10.3. The molecule has 3 N–H and O–H groups in total. The Bertz CT molecular complexity index is 807. The number of hydrogen-bond donors (Lipinski definition) is 3. The number of aliphatic hydroxyl groups excluding tert-OH is 1. The van der Waals surface area contributed by atoms with Crippen LogP contribution in [0.5, 0.6) is 11.5 Å². The summed E-state index contributed by atoms with van der Waals surface area (Å²) in [5.41, 5.74) is 4.38. The van der Waals surface area contributed by atoms with E-state index in [0.29, 0.717) is 5.75 Å². The van der Waals surface area contributed by atoms with Crippen molar-refractivity contribution in [1.29, 1.82) is 0 Å². The van der Waals surface area contributed by atoms with Crippen molar-refractivity contribution in [3.8, 4) is 11.5 Å². The maximum atomic E-state index is 9.38. The summed E-state index contributed by atoms with van der Waals surface area (Å²) in [6, 6.07) is 14.9. The molecule has 0 spiro atoms. The molecule has 0 aromatic heterocycles. The normalized spacial score (nSPS) is 11.5. The number of phenols is 1. The standard InChI is InChI=1S/C24H29NO3/c1-5-17(2)24(16-21-10-14-23(15-11-21)28-19(4)26)25-18(3)6-7-20-8-12-22(27)13-9-20/h8-15,24-27H,2-7,16H2,1H3. The first-order valence-corrected chi connectivity index (χ1v) is 9.42. The largest absolute Gasteiger partial charge is 0.508 e. The lowest BCUT2D eigenvalue weighted by molar-refractivity contribution is 0.211. The molecule has 0 saturated heterocycles. The predicted octanol–water partition coefficient (Wildman–Crippen LogP) is 5.41. The van der Waals surface area contributed by atoms with E-state index >= 15 is 0 Å². The average Bonchev–Trinajstić information content (AvgIpc) is 2.67. The van der Waals surface area contributed by atoms with Crippen molar-refractivity contribution >= 4 is 0 Å². The smallest absolute Gasteiger partial charge is 0.274 e. The third-order valence-corrected chi connectivity index (χ3v) is 4.58. The Kier molecular flexibility index (Phi) is 7.76. The van der Waals surface area contributed by atoms with Gasteiger partial charge in [0.2, 0.25) is 0 Å². The molecule has 0 bridgehead atoms. The fourth-order valence-electron chi connectivity index (χ4n) is 2.89. The third-order valence-electron chi connectivity index (χ3n) is 4.58. The van der Waals surface area contributed by atoms with Crippen molar-refractivity contribution < 1.29 is 14.9 Å². The molecule has 0 amide bonds. The molecule has 1 atom stereocenters. The fraction of sp³-hybridized carbons (Fsp3) is 0.250. The number of ether oxygens (including phenoxy) is 1. The molecule has 4 nitrogen and oxygen atoms in total. The van der Waals surface area contributed by atoms with Gasteiger partial charge in [-0.3, -0.25) is 0 Å². The zero-order valence-electron chi connectivity index (χ0n) is 16.4. The summed E-state index contributed by atoms with van der Waals surface area (Å²) in [4.78, 5) is 0. The van der Waals surface area contributed by atoms with Gasteiger partial charge in [0.25, 0.3) is 5.95 Å². The van der Waals surface area contributed by atoms with Gasteiger partial charge < -0.3 is 20.3 Å². The highest BCUT2D eigenvalue weighted by Gasteiger charge is 2.13. The molecule has 2 aromatic rings. The molecule has 0 fully saturated rings. The Morgan fingerprint density at radius 3 is 2.18 bits per heavy atom. The second-order valence-electron chi connectivity index (χ2n) is 6.82. The summed E-state index contributed by atoms with van der Waals surface area (Å²) in [6.07, 6.45) is 3.33. The zero-order valence-corrected chi connectivity index (χ0v) is 16.4. The Hall–Kier alpha value is -3.14. The first kappa shape index (κ1) is 21.2. The van der Waals surface area contributed by atoms with E-state index in [9.17, 15) is 5.11 Å². The molecule has 2 rings (SSSR count). The summed E-state index contributed by atoms with van der Waals surface area (Å²) in [5, 5.41) is 22.0. The number of rotatable bonds is 11. The number of aryl methyl sites for hydroxylation is 1. The first-order valence-electron chi connectivity index (χ1n) is 9.42. The Morgan fingerprint density at radius 2 is 1.61 bits per heavy atom. The van der Waals surface area contributed by atoms with Crippen LogP contribution in [0.25, 0.3) is 0 Å². The lowest BCUT2D eigenvalue weighted by Crippen LogP contribution is -2.32. The van der Waals surface area contributed by atoms with Gasteiger partial charge in [-0.1, -0.05) is 49.9 Å². The number of allylic oxidation sites excluding steroid dienone is 1. The number of benzene rings is 2. The van der Waals surface area contributed by atoms with Crippen LogP contribution in [-0.4, -0.2) is 16.3 Å². The van der Waals surface area contributed by atoms with Crippen molar-refractivity contribution in [2.24, 2.45) is 0 Å². The molecule has 0 radical (unpaired) electrons. The fourth-order valence-corrected chi connectivity index (χ4v) is 2.89. The van der Waals surface area contributed by atoms with Crippen molar-refractivity contribution in [2.75, 3.05) is 0 Å². The lowest BCUT2D eigenvalue weighted by atomic mass is 9.97. The average molecular weight is 380 g/mol. The predicted molar refractivity (Wildman–Crippen MR) is 114 cm³/mol. The van der Waals surface area contributed by atoms with Gasteiger partial charge in [-0.2, -0.15) is 0 Å². The van der Waals surface area contributed by atoms with E-state index < -0.39 is 0 Å². The molecule has 148 valence electrons. The molecule has 0 saturated carbocycles. The SMILES string of the molecule is C=C(CCc1ccc(O)cc1)NC(Cc1ccc(OC(=C)O)cc1)C(=C)CC. The Balaban J connectivity index is 1.94. The minimum Gasteiger partial charge on any atom is -0.508 e. The molecular weight excluding hydrogens is 350 g/mol. The van der Waals surface area contributed by atoms with Crippen LogP contribution >= 0.6 is 0 Å². The van der Waals surface area contributed by atoms with E-state index in [0.717, 1.165) is 48.1 Å². The quantitative estimate of drug-likeness (QED) is 0.361. The van der Waals surface area contributed by atoms with E-state index in [1.54, 1.807) is 12.1 Å². The first-order chi connectivity index (χ1) is 13.4. The van der Waals surface area contributed by atoms with Gasteiger partial charge in [0.1, 0.15) is 11.5 Å². The van der Waals surface area contributed by atoms with Gasteiger partial charge in [0, 0.05) is 5.70 Å². The summed E-state index contributed by atoms with van der Waals surface area (Å²) in [5.74, 6) is 0.504. The van der Waals surface area contributed by atoms with E-state index in [1.807, 2.05) is 36.4 Å². The van der Waals surface area contributed by atoms with Crippen LogP contribution in [0, 0.1) is 0 Å². The molecule has 0 aliphatic heterocycles. The highest BCUT2D eigenvalue weighted by Crippen LogP contribution is 2.19. The van der Waals surface area contributed by atoms with Crippen molar-refractivity contribution in [2.45, 2.75) is 38.6 Å². The van der Waals surface area contributed by atoms with E-state index in [2.05, 4.69) is 32.0 Å². The molecule has 28 heavy (non-hydrogen) atoms. The summed E-state index contributed by atoms with van der Waals surface area (Å²) in [7, 11) is 0. The van der Waals surface area contributed by atoms with Crippen LogP contribution in [0.4, 0.5) is 0 Å². The molecule has 1 unspecified atom stereocenters. The number of aliphatic hydroxyl groups is 1. The molecule has 0 aliphatic rings. The maximum absolute atomic E-state index is 9.38. The van der Waals surface area contributed by atoms with E-state index in [1.165, 1.54) is 0 Å². The van der Waals surface area contributed by atoms with Gasteiger partial charge in [-0.05, 0) is 67.7 Å². The van der Waals surface area contributed by atoms with Crippen molar-refractivity contribution in [1.82, 2.24) is 5.32 Å². The second-order valence-corrected chi connectivity index (χ2v) is 6.82. The lowest BCUT2D eigenvalue weighted by Gasteiger charge is -2.23. The van der Waals surface area contributed by atoms with Crippen LogP contribution in [0.3, 0.4) is 0 Å². The minimum absolute atomic E-state index is 0.0943. The van der Waals surface area contributed by atoms with Gasteiger partial charge >= 0.3 is 0 Å². The number of hydrogen-bond acceptors (Lipinski definition) is 4. The number of nitrogens with one attached hydrogen (secondary N) is 1. The molecular formula is C24H29NO3. The van der Waals surface area contributed by atoms with Gasteiger partial charge in [-0.15, -0.1) is 0 Å². The van der Waals surface area contributed by atoms with Crippen LogP contribution < -0.4 is 10.1 Å². The number of aromatic hydroxyl groups is 1.